The second-order valence-electron chi connectivity index (χ2n) is 5.98. The molecule has 1 aliphatic rings. The van der Waals surface area contributed by atoms with Gasteiger partial charge < -0.3 is 10.6 Å². The third kappa shape index (κ3) is 3.21. The zero-order chi connectivity index (χ0) is 14.7. The van der Waals surface area contributed by atoms with Crippen LogP contribution in [0, 0.1) is 0 Å². The van der Waals surface area contributed by atoms with Gasteiger partial charge in [-0.2, -0.15) is 0 Å². The Kier molecular flexibility index (Phi) is 4.81. The molecule has 0 aromatic heterocycles. The maximum atomic E-state index is 12.7. The first-order valence-electron chi connectivity index (χ1n) is 7.67. The number of nitrogens with zero attached hydrogens (tertiary/aromatic N) is 1. The van der Waals surface area contributed by atoms with Crippen LogP contribution in [0.1, 0.15) is 50.7 Å². The lowest BCUT2D eigenvalue weighted by molar-refractivity contribution is -0.135. The predicted molar refractivity (Wildman–Crippen MR) is 82.6 cm³/mol. The van der Waals surface area contributed by atoms with Gasteiger partial charge in [-0.25, -0.2) is 0 Å². The van der Waals surface area contributed by atoms with E-state index in [1.54, 1.807) is 0 Å². The summed E-state index contributed by atoms with van der Waals surface area (Å²) in [5, 5.41) is 0. The molecule has 110 valence electrons. The molecule has 1 amide bonds. The van der Waals surface area contributed by atoms with E-state index in [1.165, 1.54) is 5.56 Å². The average Bonchev–Trinajstić information content (AvgIpc) is 2.46. The maximum Gasteiger partial charge on any atom is 0.230 e. The number of likely N-dealkylation sites (tertiary alicyclic amines) is 1. The third-order valence-electron chi connectivity index (χ3n) is 4.46. The SMILES string of the molecule is CCc1ccc([C@H](C)C(=O)N2CC[C@@H](N)C[C@H]2C)cc1. The van der Waals surface area contributed by atoms with Crippen molar-refractivity contribution in [2.75, 3.05) is 6.54 Å². The summed E-state index contributed by atoms with van der Waals surface area (Å²) in [5.41, 5.74) is 8.39. The van der Waals surface area contributed by atoms with Gasteiger partial charge in [-0.3, -0.25) is 4.79 Å². The molecule has 0 bridgehead atoms. The summed E-state index contributed by atoms with van der Waals surface area (Å²) >= 11 is 0. The Labute approximate surface area is 122 Å². The number of piperidine rings is 1. The van der Waals surface area contributed by atoms with E-state index in [0.717, 1.165) is 31.4 Å². The number of hydrogen-bond acceptors (Lipinski definition) is 2. The summed E-state index contributed by atoms with van der Waals surface area (Å²) in [6.07, 6.45) is 2.86. The Balaban J connectivity index is 2.07. The van der Waals surface area contributed by atoms with Gasteiger partial charge in [-0.15, -0.1) is 0 Å². The van der Waals surface area contributed by atoms with Crippen molar-refractivity contribution in [3.8, 4) is 0 Å². The summed E-state index contributed by atoms with van der Waals surface area (Å²) in [5.74, 6) is 0.159. The molecule has 1 saturated heterocycles. The van der Waals surface area contributed by atoms with Crippen LogP contribution in [0.15, 0.2) is 24.3 Å². The van der Waals surface area contributed by atoms with Gasteiger partial charge in [0, 0.05) is 18.6 Å². The summed E-state index contributed by atoms with van der Waals surface area (Å²) in [6.45, 7) is 7.04. The van der Waals surface area contributed by atoms with E-state index in [-0.39, 0.29) is 23.9 Å². The molecular weight excluding hydrogens is 248 g/mol. The van der Waals surface area contributed by atoms with Crippen molar-refractivity contribution < 1.29 is 4.79 Å². The van der Waals surface area contributed by atoms with Gasteiger partial charge in [-0.1, -0.05) is 31.2 Å². The Morgan fingerprint density at radius 1 is 1.40 bits per heavy atom. The molecule has 1 fully saturated rings. The minimum atomic E-state index is -0.0716. The smallest absolute Gasteiger partial charge is 0.230 e. The van der Waals surface area contributed by atoms with Gasteiger partial charge in [0.2, 0.25) is 5.91 Å². The standard InChI is InChI=1S/C17H26N2O/c1-4-14-5-7-15(8-6-14)13(3)17(20)19-10-9-16(18)11-12(19)2/h5-8,12-13,16H,4,9-11,18H2,1-3H3/t12-,13+,16-/m1/s1. The van der Waals surface area contributed by atoms with E-state index in [4.69, 9.17) is 5.73 Å². The molecule has 0 aliphatic carbocycles. The summed E-state index contributed by atoms with van der Waals surface area (Å²) in [6, 6.07) is 8.91. The van der Waals surface area contributed by atoms with Gasteiger partial charge in [0.25, 0.3) is 0 Å². The lowest BCUT2D eigenvalue weighted by Crippen LogP contribution is -2.49. The number of rotatable bonds is 3. The summed E-state index contributed by atoms with van der Waals surface area (Å²) < 4.78 is 0. The van der Waals surface area contributed by atoms with Crippen molar-refractivity contribution in [2.45, 2.75) is 58.0 Å². The van der Waals surface area contributed by atoms with Crippen LogP contribution >= 0.6 is 0 Å². The van der Waals surface area contributed by atoms with Crippen LogP contribution in [-0.2, 0) is 11.2 Å². The normalized spacial score (nSPS) is 24.5. The predicted octanol–water partition coefficient (Wildman–Crippen LogP) is 2.69. The molecule has 1 aromatic carbocycles. The van der Waals surface area contributed by atoms with Crippen molar-refractivity contribution >= 4 is 5.91 Å². The summed E-state index contributed by atoms with van der Waals surface area (Å²) in [4.78, 5) is 14.7. The lowest BCUT2D eigenvalue weighted by Gasteiger charge is -2.38. The largest absolute Gasteiger partial charge is 0.339 e. The van der Waals surface area contributed by atoms with Crippen LogP contribution in [0.25, 0.3) is 0 Å². The highest BCUT2D eigenvalue weighted by atomic mass is 16.2. The molecule has 2 rings (SSSR count). The van der Waals surface area contributed by atoms with Crippen LogP contribution in [0.5, 0.6) is 0 Å². The molecule has 0 unspecified atom stereocenters. The number of carbonyl (C=O) groups excluding carboxylic acids is 1. The highest BCUT2D eigenvalue weighted by molar-refractivity contribution is 5.83. The molecule has 3 atom stereocenters. The van der Waals surface area contributed by atoms with E-state index in [2.05, 4.69) is 38.1 Å². The van der Waals surface area contributed by atoms with Crippen molar-refractivity contribution in [2.24, 2.45) is 5.73 Å². The number of amides is 1. The number of aryl methyl sites for hydroxylation is 1. The van der Waals surface area contributed by atoms with Gasteiger partial charge in [-0.05, 0) is 44.2 Å². The molecule has 2 N–H and O–H groups in total. The Morgan fingerprint density at radius 2 is 2.05 bits per heavy atom. The monoisotopic (exact) mass is 274 g/mol. The number of carbonyl (C=O) groups is 1. The molecule has 1 aliphatic heterocycles. The van der Waals surface area contributed by atoms with Gasteiger partial charge in [0.1, 0.15) is 0 Å². The van der Waals surface area contributed by atoms with Gasteiger partial charge >= 0.3 is 0 Å². The second-order valence-corrected chi connectivity index (χ2v) is 5.98. The molecule has 20 heavy (non-hydrogen) atoms. The fraction of sp³-hybridized carbons (Fsp3) is 0.588. The molecule has 0 saturated carbocycles. The van der Waals surface area contributed by atoms with Crippen LogP contribution < -0.4 is 5.73 Å². The molecule has 1 heterocycles. The quantitative estimate of drug-likeness (QED) is 0.921. The highest BCUT2D eigenvalue weighted by Gasteiger charge is 2.30. The molecule has 1 aromatic rings. The number of nitrogens with two attached hydrogens (primary N) is 1. The molecule has 0 spiro atoms. The van der Waals surface area contributed by atoms with Crippen LogP contribution in [0.3, 0.4) is 0 Å². The Morgan fingerprint density at radius 3 is 2.60 bits per heavy atom. The fourth-order valence-electron chi connectivity index (χ4n) is 2.97. The van der Waals surface area contributed by atoms with E-state index in [0.29, 0.717) is 0 Å². The fourth-order valence-corrected chi connectivity index (χ4v) is 2.97. The van der Waals surface area contributed by atoms with Crippen molar-refractivity contribution in [3.05, 3.63) is 35.4 Å². The zero-order valence-electron chi connectivity index (χ0n) is 12.8. The van der Waals surface area contributed by atoms with Crippen LogP contribution in [-0.4, -0.2) is 29.4 Å². The number of benzene rings is 1. The molecule has 0 radical (unpaired) electrons. The minimum Gasteiger partial charge on any atom is -0.339 e. The van der Waals surface area contributed by atoms with Crippen LogP contribution in [0.4, 0.5) is 0 Å². The molecular formula is C17H26N2O. The van der Waals surface area contributed by atoms with Crippen LogP contribution in [0.2, 0.25) is 0 Å². The summed E-state index contributed by atoms with van der Waals surface area (Å²) in [7, 11) is 0. The van der Waals surface area contributed by atoms with E-state index >= 15 is 0 Å². The molecule has 3 heteroatoms. The Bertz CT molecular complexity index is 455. The van der Waals surface area contributed by atoms with E-state index in [1.807, 2.05) is 11.8 Å². The van der Waals surface area contributed by atoms with E-state index < -0.39 is 0 Å². The van der Waals surface area contributed by atoms with Crippen molar-refractivity contribution in [1.29, 1.82) is 0 Å². The zero-order valence-corrected chi connectivity index (χ0v) is 12.8. The number of hydrogen-bond donors (Lipinski definition) is 1. The maximum absolute atomic E-state index is 12.7. The van der Waals surface area contributed by atoms with Crippen molar-refractivity contribution in [1.82, 2.24) is 4.90 Å². The first-order chi connectivity index (χ1) is 9.52. The second kappa shape index (κ2) is 6.40. The van der Waals surface area contributed by atoms with Gasteiger partial charge in [0.05, 0.1) is 5.92 Å². The van der Waals surface area contributed by atoms with Crippen molar-refractivity contribution in [3.63, 3.8) is 0 Å². The first-order valence-corrected chi connectivity index (χ1v) is 7.67. The lowest BCUT2D eigenvalue weighted by atomic mass is 9.94. The Hall–Kier alpha value is -1.35. The molecule has 3 nitrogen and oxygen atoms in total. The first kappa shape index (κ1) is 15.0. The minimum absolute atomic E-state index is 0.0716. The highest BCUT2D eigenvalue weighted by Crippen LogP contribution is 2.24. The average molecular weight is 274 g/mol. The van der Waals surface area contributed by atoms with Gasteiger partial charge in [0.15, 0.2) is 0 Å². The topological polar surface area (TPSA) is 46.3 Å². The third-order valence-corrected chi connectivity index (χ3v) is 4.46. The van der Waals surface area contributed by atoms with E-state index in [9.17, 15) is 4.79 Å².